The number of carbonyl (C=O) groups excluding carboxylic acids is 2. The Morgan fingerprint density at radius 1 is 1.32 bits per heavy atom. The van der Waals surface area contributed by atoms with E-state index in [-0.39, 0.29) is 16.6 Å². The molecule has 1 aliphatic carbocycles. The van der Waals surface area contributed by atoms with E-state index in [1.807, 2.05) is 12.1 Å². The predicted octanol–water partition coefficient (Wildman–Crippen LogP) is 2.37. The summed E-state index contributed by atoms with van der Waals surface area (Å²) in [6.07, 6.45) is 3.06. The summed E-state index contributed by atoms with van der Waals surface area (Å²) in [5.74, 6) is -0.805. The van der Waals surface area contributed by atoms with E-state index in [4.69, 9.17) is 16.3 Å². The summed E-state index contributed by atoms with van der Waals surface area (Å²) in [5, 5.41) is -0.316. The van der Waals surface area contributed by atoms with Crippen LogP contribution in [0, 0.1) is 0 Å². The molecule has 98 valence electrons. The van der Waals surface area contributed by atoms with E-state index < -0.39 is 5.97 Å². The molecule has 2 aliphatic rings. The van der Waals surface area contributed by atoms with E-state index in [1.54, 1.807) is 0 Å². The standard InChI is InChI=1S/C14H11ClO4/c1-18-14(17)11(15)13-12(16)9-5-7-3-2-4-8(7)6-10(9)19-13/h5-6H,2-4H2,1H3/b13-11+. The molecule has 0 radical (unpaired) electrons. The third kappa shape index (κ3) is 1.83. The van der Waals surface area contributed by atoms with E-state index in [9.17, 15) is 9.59 Å². The van der Waals surface area contributed by atoms with Crippen LogP contribution < -0.4 is 4.74 Å². The molecule has 0 saturated carbocycles. The highest BCUT2D eigenvalue weighted by molar-refractivity contribution is 6.44. The number of rotatable bonds is 1. The molecule has 3 rings (SSSR count). The molecule has 0 unspecified atom stereocenters. The number of ether oxygens (including phenoxy) is 2. The Morgan fingerprint density at radius 2 is 2.00 bits per heavy atom. The van der Waals surface area contributed by atoms with Crippen molar-refractivity contribution in [3.63, 3.8) is 0 Å². The highest BCUT2D eigenvalue weighted by Crippen LogP contribution is 2.37. The molecule has 0 fully saturated rings. The summed E-state index contributed by atoms with van der Waals surface area (Å²) >= 11 is 5.81. The molecule has 19 heavy (non-hydrogen) atoms. The van der Waals surface area contributed by atoms with Gasteiger partial charge in [-0.25, -0.2) is 4.79 Å². The van der Waals surface area contributed by atoms with Gasteiger partial charge < -0.3 is 9.47 Å². The van der Waals surface area contributed by atoms with Gasteiger partial charge in [0.25, 0.3) is 0 Å². The number of allylic oxidation sites excluding steroid dienone is 1. The minimum absolute atomic E-state index is 0.146. The first-order valence-electron chi connectivity index (χ1n) is 5.98. The van der Waals surface area contributed by atoms with Crippen molar-refractivity contribution in [1.82, 2.24) is 0 Å². The fourth-order valence-electron chi connectivity index (χ4n) is 2.47. The van der Waals surface area contributed by atoms with Crippen LogP contribution in [-0.2, 0) is 22.4 Å². The Kier molecular flexibility index (Phi) is 2.82. The fourth-order valence-corrected chi connectivity index (χ4v) is 2.67. The van der Waals surface area contributed by atoms with E-state index in [0.717, 1.165) is 19.3 Å². The smallest absolute Gasteiger partial charge is 0.353 e. The predicted molar refractivity (Wildman–Crippen MR) is 68.3 cm³/mol. The zero-order chi connectivity index (χ0) is 13.6. The SMILES string of the molecule is COC(=O)/C(Cl)=C1\Oc2cc3c(cc2C1=O)CCC3. The summed E-state index contributed by atoms with van der Waals surface area (Å²) in [7, 11) is 1.20. The number of fused-ring (bicyclic) bond motifs is 2. The van der Waals surface area contributed by atoms with Crippen molar-refractivity contribution in [2.24, 2.45) is 0 Å². The van der Waals surface area contributed by atoms with Gasteiger partial charge in [-0.2, -0.15) is 0 Å². The van der Waals surface area contributed by atoms with Crippen molar-refractivity contribution >= 4 is 23.4 Å². The monoisotopic (exact) mass is 278 g/mol. The summed E-state index contributed by atoms with van der Waals surface area (Å²) < 4.78 is 9.92. The quantitative estimate of drug-likeness (QED) is 0.585. The van der Waals surface area contributed by atoms with Crippen LogP contribution in [0.1, 0.15) is 27.9 Å². The molecule has 4 nitrogen and oxygen atoms in total. The Morgan fingerprint density at radius 3 is 2.68 bits per heavy atom. The van der Waals surface area contributed by atoms with Gasteiger partial charge in [0.05, 0.1) is 12.7 Å². The van der Waals surface area contributed by atoms with Crippen LogP contribution in [0.25, 0.3) is 0 Å². The van der Waals surface area contributed by atoms with Gasteiger partial charge in [0.1, 0.15) is 5.75 Å². The van der Waals surface area contributed by atoms with Crippen LogP contribution in [0.15, 0.2) is 22.9 Å². The molecule has 0 aromatic heterocycles. The molecule has 1 aromatic rings. The normalized spacial score (nSPS) is 18.7. The largest absolute Gasteiger partial charge is 0.465 e. The van der Waals surface area contributed by atoms with Crippen molar-refractivity contribution < 1.29 is 19.1 Å². The molecule has 5 heteroatoms. The Hall–Kier alpha value is -1.81. The molecule has 0 saturated heterocycles. The molecule has 1 aromatic carbocycles. The third-order valence-corrected chi connectivity index (χ3v) is 3.75. The number of ketones is 1. The molecule has 0 atom stereocenters. The van der Waals surface area contributed by atoms with Crippen LogP contribution >= 0.6 is 11.6 Å². The molecular weight excluding hydrogens is 268 g/mol. The Bertz CT molecular complexity index is 631. The van der Waals surface area contributed by atoms with Crippen LogP contribution in [0.2, 0.25) is 0 Å². The van der Waals surface area contributed by atoms with Gasteiger partial charge in [0, 0.05) is 0 Å². The maximum Gasteiger partial charge on any atom is 0.353 e. The van der Waals surface area contributed by atoms with Crippen molar-refractivity contribution in [3.05, 3.63) is 39.6 Å². The number of esters is 1. The minimum Gasteiger partial charge on any atom is -0.465 e. The van der Waals surface area contributed by atoms with Gasteiger partial charge in [-0.05, 0) is 42.5 Å². The lowest BCUT2D eigenvalue weighted by molar-refractivity contribution is -0.135. The minimum atomic E-state index is -0.773. The molecule has 0 amide bonds. The number of benzene rings is 1. The molecule has 0 spiro atoms. The first kappa shape index (κ1) is 12.2. The van der Waals surface area contributed by atoms with Gasteiger partial charge in [-0.1, -0.05) is 11.6 Å². The van der Waals surface area contributed by atoms with Crippen molar-refractivity contribution in [2.75, 3.05) is 7.11 Å². The lowest BCUT2D eigenvalue weighted by Crippen LogP contribution is -2.09. The summed E-state index contributed by atoms with van der Waals surface area (Å²) in [5.41, 5.74) is 2.84. The van der Waals surface area contributed by atoms with Crippen molar-refractivity contribution in [1.29, 1.82) is 0 Å². The van der Waals surface area contributed by atoms with E-state index in [1.165, 1.54) is 18.2 Å². The highest BCUT2D eigenvalue weighted by Gasteiger charge is 2.34. The van der Waals surface area contributed by atoms with E-state index in [2.05, 4.69) is 4.74 Å². The molecular formula is C14H11ClO4. The van der Waals surface area contributed by atoms with Gasteiger partial charge in [-0.15, -0.1) is 0 Å². The number of Topliss-reactive ketones (excluding diaryl/α,β-unsaturated/α-hetero) is 1. The average Bonchev–Trinajstić information content (AvgIpc) is 2.99. The topological polar surface area (TPSA) is 52.6 Å². The van der Waals surface area contributed by atoms with Gasteiger partial charge in [-0.3, -0.25) is 4.79 Å². The average molecular weight is 279 g/mol. The first-order valence-corrected chi connectivity index (χ1v) is 6.36. The van der Waals surface area contributed by atoms with Crippen molar-refractivity contribution in [2.45, 2.75) is 19.3 Å². The summed E-state index contributed by atoms with van der Waals surface area (Å²) in [6, 6.07) is 3.71. The Balaban J connectivity index is 2.06. The van der Waals surface area contributed by atoms with Gasteiger partial charge in [0.2, 0.25) is 11.5 Å². The lowest BCUT2D eigenvalue weighted by atomic mass is 10.0. The van der Waals surface area contributed by atoms with E-state index in [0.29, 0.717) is 11.3 Å². The fraction of sp³-hybridized carbons (Fsp3) is 0.286. The molecule has 0 bridgehead atoms. The van der Waals surface area contributed by atoms with Gasteiger partial charge in [0.15, 0.2) is 5.03 Å². The molecule has 0 N–H and O–H groups in total. The second-order valence-corrected chi connectivity index (χ2v) is 4.91. The third-order valence-electron chi connectivity index (χ3n) is 3.42. The Labute approximate surface area is 115 Å². The highest BCUT2D eigenvalue weighted by atomic mass is 35.5. The summed E-state index contributed by atoms with van der Waals surface area (Å²) in [6.45, 7) is 0. The first-order chi connectivity index (χ1) is 9.11. The van der Waals surface area contributed by atoms with Gasteiger partial charge >= 0.3 is 5.97 Å². The van der Waals surface area contributed by atoms with Crippen molar-refractivity contribution in [3.8, 4) is 5.75 Å². The maximum atomic E-state index is 12.2. The number of aryl methyl sites for hydroxylation is 2. The van der Waals surface area contributed by atoms with Crippen LogP contribution in [0.3, 0.4) is 0 Å². The number of carbonyl (C=O) groups is 2. The second-order valence-electron chi connectivity index (χ2n) is 4.54. The molecule has 1 aliphatic heterocycles. The molecule has 1 heterocycles. The maximum absolute atomic E-state index is 12.2. The number of hydrogen-bond acceptors (Lipinski definition) is 4. The summed E-state index contributed by atoms with van der Waals surface area (Å²) in [4.78, 5) is 23.5. The lowest BCUT2D eigenvalue weighted by Gasteiger charge is -2.02. The van der Waals surface area contributed by atoms with E-state index >= 15 is 0 Å². The second kappa shape index (κ2) is 4.38. The number of hydrogen-bond donors (Lipinski definition) is 0. The number of halogens is 1. The number of methoxy groups -OCH3 is 1. The van der Waals surface area contributed by atoms with Crippen LogP contribution in [-0.4, -0.2) is 18.9 Å². The zero-order valence-electron chi connectivity index (χ0n) is 10.3. The van der Waals surface area contributed by atoms with Crippen LogP contribution in [0.5, 0.6) is 5.75 Å². The zero-order valence-corrected chi connectivity index (χ0v) is 11.0. The van der Waals surface area contributed by atoms with Crippen LogP contribution in [0.4, 0.5) is 0 Å².